The largest absolute Gasteiger partial charge is 0.380 e. The Balaban J connectivity index is 2.10. The van der Waals surface area contributed by atoms with Gasteiger partial charge in [-0.15, -0.1) is 0 Å². The van der Waals surface area contributed by atoms with E-state index in [2.05, 4.69) is 18.2 Å². The van der Waals surface area contributed by atoms with Crippen LogP contribution in [0.3, 0.4) is 0 Å². The van der Waals surface area contributed by atoms with Crippen molar-refractivity contribution in [3.63, 3.8) is 0 Å². The van der Waals surface area contributed by atoms with Crippen molar-refractivity contribution >= 4 is 5.78 Å². The number of benzene rings is 1. The summed E-state index contributed by atoms with van der Waals surface area (Å²) < 4.78 is 5.09. The lowest BCUT2D eigenvalue weighted by atomic mass is 10.1. The van der Waals surface area contributed by atoms with Crippen LogP contribution in [0.15, 0.2) is 24.3 Å². The predicted molar refractivity (Wildman–Crippen MR) is 58.7 cm³/mol. The Labute approximate surface area is 90.3 Å². The highest BCUT2D eigenvalue weighted by Crippen LogP contribution is 2.47. The lowest BCUT2D eigenvalue weighted by molar-refractivity contribution is -0.118. The molecule has 1 aromatic carbocycles. The Morgan fingerprint density at radius 1 is 1.53 bits per heavy atom. The molecular weight excluding hydrogens is 188 g/mol. The van der Waals surface area contributed by atoms with E-state index < -0.39 is 0 Å². The van der Waals surface area contributed by atoms with E-state index in [1.54, 1.807) is 14.0 Å². The number of hydrogen-bond acceptors (Lipinski definition) is 2. The summed E-state index contributed by atoms with van der Waals surface area (Å²) in [4.78, 5) is 11.2. The highest BCUT2D eigenvalue weighted by Gasteiger charge is 2.41. The molecule has 0 N–H and O–H groups in total. The molecule has 80 valence electrons. The van der Waals surface area contributed by atoms with Crippen LogP contribution in [0.1, 0.15) is 30.4 Å². The fourth-order valence-electron chi connectivity index (χ4n) is 2.09. The third kappa shape index (κ3) is 2.26. The molecule has 1 aliphatic rings. The van der Waals surface area contributed by atoms with Gasteiger partial charge < -0.3 is 4.74 Å². The van der Waals surface area contributed by atoms with E-state index in [9.17, 15) is 4.79 Å². The van der Waals surface area contributed by atoms with Crippen LogP contribution in [-0.4, -0.2) is 12.9 Å². The van der Waals surface area contributed by atoms with Crippen molar-refractivity contribution in [2.75, 3.05) is 7.11 Å². The summed E-state index contributed by atoms with van der Waals surface area (Å²) in [5.41, 5.74) is 2.47. The number of ketones is 1. The summed E-state index contributed by atoms with van der Waals surface area (Å²) in [7, 11) is 1.70. The molecule has 1 saturated carbocycles. The van der Waals surface area contributed by atoms with Crippen LogP contribution in [0, 0.1) is 5.92 Å². The van der Waals surface area contributed by atoms with Gasteiger partial charge in [-0.2, -0.15) is 0 Å². The predicted octanol–water partition coefficient (Wildman–Crippen LogP) is 2.53. The van der Waals surface area contributed by atoms with Crippen molar-refractivity contribution in [3.05, 3.63) is 35.4 Å². The average molecular weight is 204 g/mol. The third-order valence-electron chi connectivity index (χ3n) is 3.00. The number of ether oxygens (including phenoxy) is 1. The zero-order chi connectivity index (χ0) is 10.8. The second-order valence-corrected chi connectivity index (χ2v) is 4.24. The van der Waals surface area contributed by atoms with Gasteiger partial charge in [0.2, 0.25) is 0 Å². The molecule has 0 aliphatic heterocycles. The summed E-state index contributed by atoms with van der Waals surface area (Å²) in [6.45, 7) is 2.33. The molecule has 2 atom stereocenters. The minimum absolute atomic E-state index is 0.266. The number of methoxy groups -OCH3 is 1. The molecule has 0 aromatic heterocycles. The fourth-order valence-corrected chi connectivity index (χ4v) is 2.09. The van der Waals surface area contributed by atoms with Crippen molar-refractivity contribution in [1.29, 1.82) is 0 Å². The normalized spacial score (nSPS) is 23.9. The van der Waals surface area contributed by atoms with Gasteiger partial charge in [0.05, 0.1) is 6.61 Å². The summed E-state index contributed by atoms with van der Waals surface area (Å²) in [6.07, 6.45) is 1.02. The zero-order valence-electron chi connectivity index (χ0n) is 9.19. The van der Waals surface area contributed by atoms with Crippen molar-refractivity contribution in [3.8, 4) is 0 Å². The molecule has 1 aliphatic carbocycles. The van der Waals surface area contributed by atoms with Crippen molar-refractivity contribution in [2.45, 2.75) is 25.9 Å². The van der Waals surface area contributed by atoms with Gasteiger partial charge in [-0.3, -0.25) is 4.79 Å². The molecule has 0 saturated heterocycles. The highest BCUT2D eigenvalue weighted by atomic mass is 16.5. The number of carbonyl (C=O) groups excluding carboxylic acids is 1. The van der Waals surface area contributed by atoms with Gasteiger partial charge in [0.1, 0.15) is 5.78 Å². The zero-order valence-corrected chi connectivity index (χ0v) is 9.19. The van der Waals surface area contributed by atoms with Crippen LogP contribution in [0.5, 0.6) is 0 Å². The summed E-state index contributed by atoms with van der Waals surface area (Å²) in [5.74, 6) is 1.04. The van der Waals surface area contributed by atoms with Crippen LogP contribution in [0.25, 0.3) is 0 Å². The molecule has 0 radical (unpaired) electrons. The maximum atomic E-state index is 11.2. The molecular formula is C13H16O2. The first-order chi connectivity index (χ1) is 7.22. The van der Waals surface area contributed by atoms with Crippen molar-refractivity contribution < 1.29 is 9.53 Å². The summed E-state index contributed by atoms with van der Waals surface area (Å²) in [5, 5.41) is 0. The first-order valence-corrected chi connectivity index (χ1v) is 5.30. The molecule has 0 amide bonds. The van der Waals surface area contributed by atoms with Gasteiger partial charge in [-0.05, 0) is 30.4 Å². The number of carbonyl (C=O) groups is 1. The topological polar surface area (TPSA) is 26.3 Å². The van der Waals surface area contributed by atoms with E-state index in [0.717, 1.165) is 6.42 Å². The molecule has 2 nitrogen and oxygen atoms in total. The molecule has 15 heavy (non-hydrogen) atoms. The van der Waals surface area contributed by atoms with E-state index in [1.165, 1.54) is 11.1 Å². The summed E-state index contributed by atoms with van der Waals surface area (Å²) >= 11 is 0. The first kappa shape index (κ1) is 10.4. The van der Waals surface area contributed by atoms with Gasteiger partial charge >= 0.3 is 0 Å². The molecule has 0 heterocycles. The van der Waals surface area contributed by atoms with Gasteiger partial charge in [-0.25, -0.2) is 0 Å². The maximum Gasteiger partial charge on any atom is 0.133 e. The summed E-state index contributed by atoms with van der Waals surface area (Å²) in [6, 6.07) is 8.35. The van der Waals surface area contributed by atoms with Crippen LogP contribution in [0.2, 0.25) is 0 Å². The van der Waals surface area contributed by atoms with Gasteiger partial charge in [0.15, 0.2) is 0 Å². The van der Waals surface area contributed by atoms with Gasteiger partial charge in [0.25, 0.3) is 0 Å². The standard InChI is InChI=1S/C13H16O2/c1-9(14)12-7-13(12)11-5-3-4-10(6-11)8-15-2/h3-6,12-13H,7-8H2,1-2H3. The minimum atomic E-state index is 0.266. The Morgan fingerprint density at radius 2 is 2.33 bits per heavy atom. The Kier molecular flexibility index (Phi) is 2.87. The van der Waals surface area contributed by atoms with Crippen molar-refractivity contribution in [1.82, 2.24) is 0 Å². The first-order valence-electron chi connectivity index (χ1n) is 5.30. The molecule has 2 heteroatoms. The Hall–Kier alpha value is -1.15. The molecule has 0 bridgehead atoms. The van der Waals surface area contributed by atoms with Gasteiger partial charge in [-0.1, -0.05) is 24.3 Å². The van der Waals surface area contributed by atoms with Crippen LogP contribution in [-0.2, 0) is 16.1 Å². The Bertz CT molecular complexity index is 371. The van der Waals surface area contributed by atoms with E-state index in [4.69, 9.17) is 4.74 Å². The lowest BCUT2D eigenvalue weighted by Gasteiger charge is -2.03. The monoisotopic (exact) mass is 204 g/mol. The van der Waals surface area contributed by atoms with Crippen LogP contribution in [0.4, 0.5) is 0 Å². The second-order valence-electron chi connectivity index (χ2n) is 4.24. The average Bonchev–Trinajstić information content (AvgIpc) is 2.98. The number of hydrogen-bond donors (Lipinski definition) is 0. The fraction of sp³-hybridized carbons (Fsp3) is 0.462. The van der Waals surface area contributed by atoms with Crippen LogP contribution < -0.4 is 0 Å². The number of Topliss-reactive ketones (excluding diaryl/α,β-unsaturated/α-hetero) is 1. The highest BCUT2D eigenvalue weighted by molar-refractivity contribution is 5.82. The van der Waals surface area contributed by atoms with Crippen molar-refractivity contribution in [2.24, 2.45) is 5.92 Å². The smallest absolute Gasteiger partial charge is 0.133 e. The molecule has 1 fully saturated rings. The Morgan fingerprint density at radius 3 is 2.93 bits per heavy atom. The maximum absolute atomic E-state index is 11.2. The molecule has 1 aromatic rings. The van der Waals surface area contributed by atoms with E-state index in [0.29, 0.717) is 18.3 Å². The molecule has 0 spiro atoms. The van der Waals surface area contributed by atoms with Crippen LogP contribution >= 0.6 is 0 Å². The van der Waals surface area contributed by atoms with E-state index >= 15 is 0 Å². The third-order valence-corrected chi connectivity index (χ3v) is 3.00. The quantitative estimate of drug-likeness (QED) is 0.753. The minimum Gasteiger partial charge on any atom is -0.380 e. The lowest BCUT2D eigenvalue weighted by Crippen LogP contribution is -1.95. The second kappa shape index (κ2) is 4.15. The van der Waals surface area contributed by atoms with Gasteiger partial charge in [0, 0.05) is 13.0 Å². The molecule has 2 unspecified atom stereocenters. The number of rotatable bonds is 4. The SMILES string of the molecule is COCc1cccc(C2CC2C(C)=O)c1. The van der Waals surface area contributed by atoms with E-state index in [-0.39, 0.29) is 5.92 Å². The van der Waals surface area contributed by atoms with E-state index in [1.807, 2.05) is 6.07 Å². The molecule has 2 rings (SSSR count).